The molecule has 47 heavy (non-hydrogen) atoms. The highest BCUT2D eigenvalue weighted by atomic mass is 19.4. The maximum absolute atomic E-state index is 14.0. The molecule has 1 aliphatic heterocycles. The molecule has 18 heteroatoms. The lowest BCUT2D eigenvalue weighted by Crippen LogP contribution is -2.40. The van der Waals surface area contributed by atoms with Crippen molar-refractivity contribution < 1.29 is 53.8 Å². The van der Waals surface area contributed by atoms with Crippen molar-refractivity contribution in [3.05, 3.63) is 89.1 Å². The Morgan fingerprint density at radius 3 is 2.21 bits per heavy atom. The molecule has 3 aromatic heterocycles. The minimum absolute atomic E-state index is 0.155. The van der Waals surface area contributed by atoms with Crippen molar-refractivity contribution in [3.63, 3.8) is 0 Å². The molecule has 4 aromatic rings. The Kier molecular flexibility index (Phi) is 10.2. The molecule has 1 atom stereocenters. The van der Waals surface area contributed by atoms with E-state index in [1.807, 2.05) is 0 Å². The van der Waals surface area contributed by atoms with Crippen LogP contribution in [0.25, 0.3) is 0 Å². The fraction of sp³-hybridized carbons (Fsp3) is 0.310. The van der Waals surface area contributed by atoms with Gasteiger partial charge in [0.2, 0.25) is 5.95 Å². The minimum Gasteiger partial charge on any atom is -0.475 e. The average molecular weight is 677 g/mol. The number of furan rings is 1. The van der Waals surface area contributed by atoms with Gasteiger partial charge in [-0.3, -0.25) is 0 Å². The quantitative estimate of drug-likeness (QED) is 0.183. The Balaban J connectivity index is 0.000000644. The molecule has 0 saturated heterocycles. The van der Waals surface area contributed by atoms with Crippen LogP contribution in [0.1, 0.15) is 28.1 Å². The van der Waals surface area contributed by atoms with E-state index < -0.39 is 41.7 Å². The van der Waals surface area contributed by atoms with Crippen molar-refractivity contribution in [2.75, 3.05) is 29.1 Å². The van der Waals surface area contributed by atoms with E-state index in [0.717, 1.165) is 18.2 Å². The fourth-order valence-electron chi connectivity index (χ4n) is 4.77. The number of halogens is 9. The number of rotatable bonds is 6. The van der Waals surface area contributed by atoms with E-state index in [-0.39, 0.29) is 31.2 Å². The number of nitrogens with one attached hydrogen (secondary N) is 2. The van der Waals surface area contributed by atoms with Crippen LogP contribution >= 0.6 is 0 Å². The maximum atomic E-state index is 14.0. The summed E-state index contributed by atoms with van der Waals surface area (Å²) in [7, 11) is 1.62. The minimum atomic E-state index is -5.08. The molecule has 0 spiro atoms. The summed E-state index contributed by atoms with van der Waals surface area (Å²) in [5, 5.41) is 13.1. The monoisotopic (exact) mass is 676 g/mol. The molecule has 252 valence electrons. The SMILES string of the molecule is CNc1nc2c(c(Nc3ccc(C(F)(F)F)cc3)n1)CCN(c1ncccc1C(F)(F)F)C(Cc1ccco1)C2.O=C(O)C(F)(F)F. The largest absolute Gasteiger partial charge is 0.490 e. The number of benzene rings is 1. The van der Waals surface area contributed by atoms with E-state index in [1.165, 1.54) is 30.7 Å². The Morgan fingerprint density at radius 1 is 0.979 bits per heavy atom. The molecule has 0 radical (unpaired) electrons. The second kappa shape index (κ2) is 13.8. The Morgan fingerprint density at radius 2 is 1.66 bits per heavy atom. The lowest BCUT2D eigenvalue weighted by molar-refractivity contribution is -0.192. The van der Waals surface area contributed by atoms with E-state index in [2.05, 4.69) is 25.6 Å². The van der Waals surface area contributed by atoms with Gasteiger partial charge in [0.05, 0.1) is 23.1 Å². The number of hydrogen-bond donors (Lipinski definition) is 3. The first-order chi connectivity index (χ1) is 22.0. The molecule has 0 fully saturated rings. The van der Waals surface area contributed by atoms with E-state index in [4.69, 9.17) is 14.3 Å². The van der Waals surface area contributed by atoms with Crippen molar-refractivity contribution in [1.82, 2.24) is 15.0 Å². The number of fused-ring (bicyclic) bond motifs is 1. The number of alkyl halides is 9. The zero-order valence-electron chi connectivity index (χ0n) is 24.1. The molecule has 0 bridgehead atoms. The van der Waals surface area contributed by atoms with E-state index in [0.29, 0.717) is 34.9 Å². The Bertz CT molecular complexity index is 1660. The van der Waals surface area contributed by atoms with Crippen LogP contribution in [-0.2, 0) is 36.4 Å². The van der Waals surface area contributed by atoms with Gasteiger partial charge in [-0.1, -0.05) is 0 Å². The van der Waals surface area contributed by atoms with Crippen molar-refractivity contribution in [3.8, 4) is 0 Å². The summed E-state index contributed by atoms with van der Waals surface area (Å²) in [6.07, 6.45) is -10.6. The standard InChI is InChI=1S/C27H24F6N6O.C2HF3O2/c1-34-25-37-22-15-18(14-19-4-3-13-40-19)39(24-21(27(31,32)33)5-2-11-35-24)12-10-20(22)23(38-25)36-17-8-6-16(7-9-17)26(28,29)30;3-2(4,5)1(6)7/h2-9,11,13,18H,10,12,14-15H2,1H3,(H2,34,36,37,38);(H,6,7). The van der Waals surface area contributed by atoms with Gasteiger partial charge in [-0.2, -0.15) is 44.5 Å². The van der Waals surface area contributed by atoms with Crippen LogP contribution in [0.2, 0.25) is 0 Å². The van der Waals surface area contributed by atoms with Crippen molar-refractivity contribution >= 4 is 29.2 Å². The second-order valence-electron chi connectivity index (χ2n) is 10.0. The molecular formula is C29H25F9N6O3. The lowest BCUT2D eigenvalue weighted by atomic mass is 10.0. The highest BCUT2D eigenvalue weighted by Crippen LogP contribution is 2.38. The third kappa shape index (κ3) is 8.82. The molecule has 9 nitrogen and oxygen atoms in total. The topological polar surface area (TPSA) is 116 Å². The van der Waals surface area contributed by atoms with Crippen molar-refractivity contribution in [1.29, 1.82) is 0 Å². The van der Waals surface area contributed by atoms with Crippen LogP contribution in [0.3, 0.4) is 0 Å². The van der Waals surface area contributed by atoms with Gasteiger partial charge in [0.25, 0.3) is 0 Å². The van der Waals surface area contributed by atoms with E-state index >= 15 is 0 Å². The molecule has 1 aromatic carbocycles. The second-order valence-corrected chi connectivity index (χ2v) is 10.0. The van der Waals surface area contributed by atoms with E-state index in [1.54, 1.807) is 24.1 Å². The third-order valence-corrected chi connectivity index (χ3v) is 6.89. The molecule has 1 unspecified atom stereocenters. The highest BCUT2D eigenvalue weighted by molar-refractivity contribution is 5.73. The van der Waals surface area contributed by atoms with Gasteiger partial charge in [0.15, 0.2) is 0 Å². The number of anilines is 4. The molecule has 0 aliphatic carbocycles. The van der Waals surface area contributed by atoms with E-state index in [9.17, 15) is 39.5 Å². The number of nitrogens with zero attached hydrogens (tertiary/aromatic N) is 4. The summed E-state index contributed by atoms with van der Waals surface area (Å²) < 4.78 is 118. The van der Waals surface area contributed by atoms with Crippen LogP contribution in [-0.4, -0.2) is 51.8 Å². The Labute approximate surface area is 260 Å². The van der Waals surface area contributed by atoms with Gasteiger partial charge in [-0.15, -0.1) is 0 Å². The fourth-order valence-corrected chi connectivity index (χ4v) is 4.77. The van der Waals surface area contributed by atoms with Crippen LogP contribution in [0.15, 0.2) is 65.4 Å². The van der Waals surface area contributed by atoms with Gasteiger partial charge in [0, 0.05) is 49.9 Å². The molecule has 1 aliphatic rings. The summed E-state index contributed by atoms with van der Waals surface area (Å²) in [6, 6.07) is 9.72. The van der Waals surface area contributed by atoms with Gasteiger partial charge in [-0.05, 0) is 55.0 Å². The third-order valence-electron chi connectivity index (χ3n) is 6.89. The normalized spacial score (nSPS) is 15.2. The molecule has 0 saturated carbocycles. The maximum Gasteiger partial charge on any atom is 0.490 e. The first kappa shape index (κ1) is 34.8. The lowest BCUT2D eigenvalue weighted by Gasteiger charge is -2.32. The molecule has 3 N–H and O–H groups in total. The zero-order chi connectivity index (χ0) is 34.6. The number of hydrogen-bond acceptors (Lipinski definition) is 8. The molecular weight excluding hydrogens is 651 g/mol. The van der Waals surface area contributed by atoms with Crippen LogP contribution in [0, 0.1) is 0 Å². The predicted octanol–water partition coefficient (Wildman–Crippen LogP) is 7.14. The van der Waals surface area contributed by atoms with Gasteiger partial charge in [-0.25, -0.2) is 14.8 Å². The number of carboxylic acid groups (broad SMARTS) is 1. The molecule has 0 amide bonds. The first-order valence-corrected chi connectivity index (χ1v) is 13.6. The summed E-state index contributed by atoms with van der Waals surface area (Å²) in [6.45, 7) is 0.155. The predicted molar refractivity (Wildman–Crippen MR) is 150 cm³/mol. The number of pyridine rings is 1. The summed E-state index contributed by atoms with van der Waals surface area (Å²) in [5.41, 5.74) is -0.0286. The Hall–Kier alpha value is -5.03. The summed E-state index contributed by atoms with van der Waals surface area (Å²) >= 11 is 0. The summed E-state index contributed by atoms with van der Waals surface area (Å²) in [4.78, 5) is 23.7. The van der Waals surface area contributed by atoms with Gasteiger partial charge >= 0.3 is 24.5 Å². The number of aromatic nitrogens is 3. The van der Waals surface area contributed by atoms with Crippen molar-refractivity contribution in [2.45, 2.75) is 43.8 Å². The highest BCUT2D eigenvalue weighted by Gasteiger charge is 2.39. The molecule has 4 heterocycles. The number of carboxylic acids is 1. The van der Waals surface area contributed by atoms with Gasteiger partial charge < -0.3 is 25.1 Å². The average Bonchev–Trinajstić information content (AvgIpc) is 3.43. The van der Waals surface area contributed by atoms with Gasteiger partial charge in [0.1, 0.15) is 17.4 Å². The van der Waals surface area contributed by atoms with Crippen molar-refractivity contribution in [2.24, 2.45) is 0 Å². The van der Waals surface area contributed by atoms with Crippen LogP contribution in [0.4, 0.5) is 62.8 Å². The van der Waals surface area contributed by atoms with Crippen LogP contribution in [0.5, 0.6) is 0 Å². The van der Waals surface area contributed by atoms with Crippen LogP contribution < -0.4 is 15.5 Å². The first-order valence-electron chi connectivity index (χ1n) is 13.6. The summed E-state index contributed by atoms with van der Waals surface area (Å²) in [5.74, 6) is -1.75. The zero-order valence-corrected chi connectivity index (χ0v) is 24.1. The molecule has 5 rings (SSSR count). The number of aliphatic carboxylic acids is 1. The number of carbonyl (C=O) groups is 1. The smallest absolute Gasteiger partial charge is 0.475 e.